The Morgan fingerprint density at radius 2 is 2.12 bits per heavy atom. The summed E-state index contributed by atoms with van der Waals surface area (Å²) in [7, 11) is 0. The standard InChI is InChI=1S/C9H10ClF3N2O/c1-5(2)6-3-7(9(11,12)13)15(14-6)4-8(10)16/h3,5H,4H2,1-2H3. The van der Waals surface area contributed by atoms with Gasteiger partial charge in [-0.05, 0) is 23.6 Å². The normalized spacial score (nSPS) is 12.2. The van der Waals surface area contributed by atoms with Crippen LogP contribution in [0, 0.1) is 0 Å². The van der Waals surface area contributed by atoms with Gasteiger partial charge in [-0.25, -0.2) is 0 Å². The van der Waals surface area contributed by atoms with Crippen LogP contribution < -0.4 is 0 Å². The third-order valence-electron chi connectivity index (χ3n) is 1.95. The molecule has 0 radical (unpaired) electrons. The van der Waals surface area contributed by atoms with Gasteiger partial charge in [0.2, 0.25) is 5.24 Å². The molecule has 3 nitrogen and oxygen atoms in total. The maximum absolute atomic E-state index is 12.6. The van der Waals surface area contributed by atoms with Gasteiger partial charge in [0, 0.05) is 0 Å². The third kappa shape index (κ3) is 2.98. The molecule has 0 unspecified atom stereocenters. The highest BCUT2D eigenvalue weighted by molar-refractivity contribution is 6.63. The SMILES string of the molecule is CC(C)c1cc(C(F)(F)F)n(CC(=O)Cl)n1. The van der Waals surface area contributed by atoms with Crippen molar-refractivity contribution in [3.8, 4) is 0 Å². The molecule has 90 valence electrons. The first-order valence-electron chi connectivity index (χ1n) is 4.55. The molecule has 16 heavy (non-hydrogen) atoms. The fourth-order valence-electron chi connectivity index (χ4n) is 1.19. The quantitative estimate of drug-likeness (QED) is 0.778. The van der Waals surface area contributed by atoms with Gasteiger partial charge < -0.3 is 0 Å². The van der Waals surface area contributed by atoms with Crippen molar-refractivity contribution in [1.82, 2.24) is 9.78 Å². The number of carbonyl (C=O) groups is 1. The zero-order chi connectivity index (χ0) is 12.5. The maximum atomic E-state index is 12.6. The fraction of sp³-hybridized carbons (Fsp3) is 0.556. The number of hydrogen-bond donors (Lipinski definition) is 0. The van der Waals surface area contributed by atoms with Gasteiger partial charge in [0.25, 0.3) is 0 Å². The summed E-state index contributed by atoms with van der Waals surface area (Å²) in [5.41, 5.74) is -0.671. The van der Waals surface area contributed by atoms with Crippen molar-refractivity contribution < 1.29 is 18.0 Å². The lowest BCUT2D eigenvalue weighted by molar-refractivity contribution is -0.144. The average Bonchev–Trinajstić information content (AvgIpc) is 2.45. The summed E-state index contributed by atoms with van der Waals surface area (Å²) in [4.78, 5) is 10.6. The highest BCUT2D eigenvalue weighted by atomic mass is 35.5. The van der Waals surface area contributed by atoms with Gasteiger partial charge >= 0.3 is 6.18 Å². The molecule has 1 aromatic heterocycles. The molecule has 7 heteroatoms. The summed E-state index contributed by atoms with van der Waals surface area (Å²) in [6.45, 7) is 2.85. The summed E-state index contributed by atoms with van der Waals surface area (Å²) < 4.78 is 38.3. The Hall–Kier alpha value is -1.04. The van der Waals surface area contributed by atoms with Crippen molar-refractivity contribution in [2.45, 2.75) is 32.5 Å². The number of rotatable bonds is 3. The molecule has 0 amide bonds. The Bertz CT molecular complexity index is 398. The number of aromatic nitrogens is 2. The molecule has 0 N–H and O–H groups in total. The molecule has 1 heterocycles. The molecule has 0 aliphatic heterocycles. The molecule has 0 bridgehead atoms. The van der Waals surface area contributed by atoms with Crippen LogP contribution in [-0.4, -0.2) is 15.0 Å². The van der Waals surface area contributed by atoms with E-state index in [1.165, 1.54) is 0 Å². The summed E-state index contributed by atoms with van der Waals surface area (Å²) in [5.74, 6) is -0.146. The molecule has 1 aromatic rings. The number of halogens is 4. The molecule has 0 saturated carbocycles. The van der Waals surface area contributed by atoms with Crippen LogP contribution in [0.25, 0.3) is 0 Å². The highest BCUT2D eigenvalue weighted by Gasteiger charge is 2.36. The number of hydrogen-bond acceptors (Lipinski definition) is 2. The first kappa shape index (κ1) is 13.0. The second kappa shape index (κ2) is 4.45. The lowest BCUT2D eigenvalue weighted by atomic mass is 10.1. The van der Waals surface area contributed by atoms with E-state index in [2.05, 4.69) is 5.10 Å². The topological polar surface area (TPSA) is 34.9 Å². The smallest absolute Gasteiger partial charge is 0.279 e. The Balaban J connectivity index is 3.18. The lowest BCUT2D eigenvalue weighted by Gasteiger charge is -2.07. The molecule has 0 fully saturated rings. The van der Waals surface area contributed by atoms with E-state index in [1.54, 1.807) is 13.8 Å². The fourth-order valence-corrected chi connectivity index (χ4v) is 1.30. The predicted molar refractivity (Wildman–Crippen MR) is 52.2 cm³/mol. The number of carbonyl (C=O) groups excluding carboxylic acids is 1. The highest BCUT2D eigenvalue weighted by Crippen LogP contribution is 2.31. The van der Waals surface area contributed by atoms with E-state index >= 15 is 0 Å². The third-order valence-corrected chi connectivity index (χ3v) is 2.07. The molecular weight excluding hydrogens is 245 g/mol. The van der Waals surface area contributed by atoms with Crippen molar-refractivity contribution >= 4 is 16.8 Å². The molecule has 0 saturated heterocycles. The molecule has 0 spiro atoms. The van der Waals surface area contributed by atoms with E-state index in [4.69, 9.17) is 11.6 Å². The number of alkyl halides is 3. The molecule has 0 aliphatic carbocycles. The Morgan fingerprint density at radius 1 is 1.56 bits per heavy atom. The van der Waals surface area contributed by atoms with Gasteiger partial charge in [0.15, 0.2) is 0 Å². The van der Waals surface area contributed by atoms with Crippen LogP contribution >= 0.6 is 11.6 Å². The van der Waals surface area contributed by atoms with E-state index in [1.807, 2.05) is 0 Å². The molecule has 1 rings (SSSR count). The summed E-state index contributed by atoms with van der Waals surface area (Å²) in [6, 6.07) is 0.935. The molecule has 0 aromatic carbocycles. The van der Waals surface area contributed by atoms with Crippen LogP contribution in [0.15, 0.2) is 6.07 Å². The monoisotopic (exact) mass is 254 g/mol. The van der Waals surface area contributed by atoms with E-state index in [9.17, 15) is 18.0 Å². The zero-order valence-electron chi connectivity index (χ0n) is 8.68. The second-order valence-electron chi connectivity index (χ2n) is 3.62. The van der Waals surface area contributed by atoms with Crippen LogP contribution in [0.2, 0.25) is 0 Å². The van der Waals surface area contributed by atoms with Gasteiger partial charge in [0.05, 0.1) is 5.69 Å². The minimum absolute atomic E-state index is 0.146. The van der Waals surface area contributed by atoms with E-state index < -0.39 is 23.7 Å². The minimum Gasteiger partial charge on any atom is -0.279 e. The van der Waals surface area contributed by atoms with Crippen molar-refractivity contribution in [3.05, 3.63) is 17.5 Å². The lowest BCUT2D eigenvalue weighted by Crippen LogP contribution is -2.17. The van der Waals surface area contributed by atoms with Gasteiger partial charge in [-0.1, -0.05) is 13.8 Å². The van der Waals surface area contributed by atoms with Crippen molar-refractivity contribution in [1.29, 1.82) is 0 Å². The van der Waals surface area contributed by atoms with Crippen LogP contribution in [0.5, 0.6) is 0 Å². The minimum atomic E-state index is -4.54. The largest absolute Gasteiger partial charge is 0.433 e. The van der Waals surface area contributed by atoms with Crippen molar-refractivity contribution in [3.63, 3.8) is 0 Å². The van der Waals surface area contributed by atoms with Gasteiger partial charge in [-0.15, -0.1) is 0 Å². The van der Waals surface area contributed by atoms with Crippen molar-refractivity contribution in [2.75, 3.05) is 0 Å². The first-order chi connectivity index (χ1) is 7.21. The Kier molecular flexibility index (Phi) is 3.62. The van der Waals surface area contributed by atoms with Crippen LogP contribution in [-0.2, 0) is 17.5 Å². The van der Waals surface area contributed by atoms with Crippen LogP contribution in [0.3, 0.4) is 0 Å². The summed E-state index contributed by atoms with van der Waals surface area (Å²) in [6.07, 6.45) is -4.54. The first-order valence-corrected chi connectivity index (χ1v) is 4.93. The summed E-state index contributed by atoms with van der Waals surface area (Å²) in [5, 5.41) is 2.82. The molecule has 0 atom stereocenters. The predicted octanol–water partition coefficient (Wildman–Crippen LogP) is 2.79. The second-order valence-corrected chi connectivity index (χ2v) is 4.04. The summed E-state index contributed by atoms with van der Waals surface area (Å²) >= 11 is 5.06. The van der Waals surface area contributed by atoms with Gasteiger partial charge in [0.1, 0.15) is 12.2 Å². The zero-order valence-corrected chi connectivity index (χ0v) is 9.43. The van der Waals surface area contributed by atoms with Crippen molar-refractivity contribution in [2.24, 2.45) is 0 Å². The van der Waals surface area contributed by atoms with E-state index in [0.29, 0.717) is 4.68 Å². The van der Waals surface area contributed by atoms with Gasteiger partial charge in [-0.2, -0.15) is 18.3 Å². The van der Waals surface area contributed by atoms with Crippen LogP contribution in [0.1, 0.15) is 31.2 Å². The Labute approximate surface area is 95.2 Å². The van der Waals surface area contributed by atoms with E-state index in [0.717, 1.165) is 6.07 Å². The van der Waals surface area contributed by atoms with Gasteiger partial charge in [-0.3, -0.25) is 9.48 Å². The number of nitrogens with zero attached hydrogens (tertiary/aromatic N) is 2. The average molecular weight is 255 g/mol. The Morgan fingerprint density at radius 3 is 2.50 bits per heavy atom. The molecule has 0 aliphatic rings. The van der Waals surface area contributed by atoms with Crippen LogP contribution in [0.4, 0.5) is 13.2 Å². The van der Waals surface area contributed by atoms with E-state index in [-0.39, 0.29) is 11.6 Å². The maximum Gasteiger partial charge on any atom is 0.433 e. The molecular formula is C9H10ClF3N2O.